The average Bonchev–Trinajstić information content (AvgIpc) is 2.57. The van der Waals surface area contributed by atoms with E-state index in [1.165, 1.54) is 57.3 Å². The number of nitrogens with one attached hydrogen (secondary N) is 2. The maximum absolute atomic E-state index is 13.1. The van der Waals surface area contributed by atoms with Gasteiger partial charge in [0.25, 0.3) is 0 Å². The third kappa shape index (κ3) is 6.87. The van der Waals surface area contributed by atoms with Gasteiger partial charge in [0.05, 0.1) is 0 Å². The van der Waals surface area contributed by atoms with Crippen LogP contribution in [0, 0.1) is 11.7 Å². The molecule has 0 spiro atoms. The number of halogens is 1. The zero-order valence-electron chi connectivity index (χ0n) is 14.7. The molecule has 1 aliphatic rings. The summed E-state index contributed by atoms with van der Waals surface area (Å²) in [5.41, 5.74) is 0.480. The van der Waals surface area contributed by atoms with E-state index in [1.54, 1.807) is 12.1 Å². The van der Waals surface area contributed by atoms with Crippen LogP contribution < -0.4 is 10.6 Å². The molecule has 0 radical (unpaired) electrons. The minimum atomic E-state index is -0.348. The van der Waals surface area contributed by atoms with E-state index in [0.717, 1.165) is 13.0 Å². The number of rotatable bonds is 8. The molecule has 0 aliphatic carbocycles. The highest BCUT2D eigenvalue weighted by Gasteiger charge is 2.19. The highest BCUT2D eigenvalue weighted by Crippen LogP contribution is 2.17. The number of hydrogen-bond acceptors (Lipinski definition) is 2. The standard InChI is InChI=1S/C19H30FN3O/c1-2-3-4-5-11-23-12-7-8-16(15-23)14-21-19(24)22-18-10-6-9-17(20)13-18/h6,9-10,13,16H,2-5,7-8,11-12,14-15H2,1H3,(H2,21,22,24). The van der Waals surface area contributed by atoms with Crippen molar-refractivity contribution < 1.29 is 9.18 Å². The maximum Gasteiger partial charge on any atom is 0.319 e. The molecular formula is C19H30FN3O. The van der Waals surface area contributed by atoms with Crippen molar-refractivity contribution in [1.29, 1.82) is 0 Å². The van der Waals surface area contributed by atoms with Crippen LogP contribution in [0.5, 0.6) is 0 Å². The molecule has 0 aromatic heterocycles. The zero-order chi connectivity index (χ0) is 17.2. The molecule has 24 heavy (non-hydrogen) atoms. The monoisotopic (exact) mass is 335 g/mol. The number of carbonyl (C=O) groups is 1. The zero-order valence-corrected chi connectivity index (χ0v) is 14.7. The van der Waals surface area contributed by atoms with Crippen LogP contribution in [0.25, 0.3) is 0 Å². The van der Waals surface area contributed by atoms with Crippen molar-refractivity contribution in [2.45, 2.75) is 45.4 Å². The van der Waals surface area contributed by atoms with Crippen LogP contribution in [-0.4, -0.2) is 37.1 Å². The van der Waals surface area contributed by atoms with Crippen LogP contribution >= 0.6 is 0 Å². The number of benzene rings is 1. The number of piperidine rings is 1. The third-order valence-electron chi connectivity index (χ3n) is 4.56. The summed E-state index contributed by atoms with van der Waals surface area (Å²) in [6.45, 7) is 6.32. The van der Waals surface area contributed by atoms with Crippen LogP contribution in [0.1, 0.15) is 45.4 Å². The minimum Gasteiger partial charge on any atom is -0.338 e. The predicted octanol–water partition coefficient (Wildman–Crippen LogP) is 4.24. The maximum atomic E-state index is 13.1. The molecule has 2 N–H and O–H groups in total. The number of carbonyl (C=O) groups excluding carboxylic acids is 1. The lowest BCUT2D eigenvalue weighted by Crippen LogP contribution is -2.42. The van der Waals surface area contributed by atoms with Crippen LogP contribution in [0.3, 0.4) is 0 Å². The fourth-order valence-corrected chi connectivity index (χ4v) is 3.26. The summed E-state index contributed by atoms with van der Waals surface area (Å²) in [6.07, 6.45) is 7.53. The first kappa shape index (κ1) is 18.7. The molecule has 2 amide bonds. The van der Waals surface area contributed by atoms with Gasteiger partial charge in [-0.25, -0.2) is 9.18 Å². The largest absolute Gasteiger partial charge is 0.338 e. The highest BCUT2D eigenvalue weighted by molar-refractivity contribution is 5.89. The lowest BCUT2D eigenvalue weighted by atomic mass is 9.97. The molecule has 2 rings (SSSR count). The smallest absolute Gasteiger partial charge is 0.319 e. The van der Waals surface area contributed by atoms with Crippen LogP contribution in [-0.2, 0) is 0 Å². The van der Waals surface area contributed by atoms with Crippen molar-refractivity contribution in [3.63, 3.8) is 0 Å². The quantitative estimate of drug-likeness (QED) is 0.698. The lowest BCUT2D eigenvalue weighted by molar-refractivity contribution is 0.170. The molecule has 1 fully saturated rings. The number of amides is 2. The Bertz CT molecular complexity index is 509. The Kier molecular flexibility index (Phi) is 8.02. The third-order valence-corrected chi connectivity index (χ3v) is 4.56. The second kappa shape index (κ2) is 10.3. The minimum absolute atomic E-state index is 0.263. The molecule has 134 valence electrons. The molecule has 1 atom stereocenters. The molecule has 4 nitrogen and oxygen atoms in total. The van der Waals surface area contributed by atoms with E-state index in [0.29, 0.717) is 18.2 Å². The number of anilines is 1. The molecule has 1 aromatic carbocycles. The fourth-order valence-electron chi connectivity index (χ4n) is 3.26. The van der Waals surface area contributed by atoms with Crippen LogP contribution in [0.15, 0.2) is 24.3 Å². The number of nitrogens with zero attached hydrogens (tertiary/aromatic N) is 1. The summed E-state index contributed by atoms with van der Waals surface area (Å²) in [5.74, 6) is 0.155. The second-order valence-corrected chi connectivity index (χ2v) is 6.71. The summed E-state index contributed by atoms with van der Waals surface area (Å²) in [4.78, 5) is 14.5. The Balaban J connectivity index is 1.66. The molecule has 1 heterocycles. The van der Waals surface area contributed by atoms with Gasteiger partial charge in [-0.15, -0.1) is 0 Å². The van der Waals surface area contributed by atoms with Gasteiger partial charge in [0.15, 0.2) is 0 Å². The van der Waals surface area contributed by atoms with Gasteiger partial charge in [-0.05, 0) is 56.5 Å². The summed E-state index contributed by atoms with van der Waals surface area (Å²) in [5, 5.41) is 5.60. The summed E-state index contributed by atoms with van der Waals surface area (Å²) in [6, 6.07) is 5.68. The first-order valence-electron chi connectivity index (χ1n) is 9.20. The Labute approximate surface area is 144 Å². The summed E-state index contributed by atoms with van der Waals surface area (Å²) >= 11 is 0. The van der Waals surface area contributed by atoms with Gasteiger partial charge in [0.2, 0.25) is 0 Å². The van der Waals surface area contributed by atoms with E-state index < -0.39 is 0 Å². The van der Waals surface area contributed by atoms with Crippen LogP contribution in [0.2, 0.25) is 0 Å². The molecule has 1 unspecified atom stereocenters. The van der Waals surface area contributed by atoms with Crippen molar-refractivity contribution in [2.24, 2.45) is 5.92 Å². The summed E-state index contributed by atoms with van der Waals surface area (Å²) < 4.78 is 13.1. The Morgan fingerprint density at radius 1 is 1.33 bits per heavy atom. The number of likely N-dealkylation sites (tertiary alicyclic amines) is 1. The van der Waals surface area contributed by atoms with E-state index in [9.17, 15) is 9.18 Å². The first-order valence-corrected chi connectivity index (χ1v) is 9.20. The molecule has 1 aliphatic heterocycles. The van der Waals surface area contributed by atoms with E-state index in [2.05, 4.69) is 22.5 Å². The second-order valence-electron chi connectivity index (χ2n) is 6.71. The van der Waals surface area contributed by atoms with Gasteiger partial charge < -0.3 is 15.5 Å². The Morgan fingerprint density at radius 2 is 2.21 bits per heavy atom. The van der Waals surface area contributed by atoms with Gasteiger partial charge in [-0.1, -0.05) is 32.3 Å². The van der Waals surface area contributed by atoms with Crippen LogP contribution in [0.4, 0.5) is 14.9 Å². The number of urea groups is 1. The van der Waals surface area contributed by atoms with Gasteiger partial charge in [-0.2, -0.15) is 0 Å². The molecule has 1 aromatic rings. The van der Waals surface area contributed by atoms with Gasteiger partial charge in [0.1, 0.15) is 5.82 Å². The molecule has 1 saturated heterocycles. The van der Waals surface area contributed by atoms with Crippen molar-refractivity contribution in [2.75, 3.05) is 31.5 Å². The molecular weight excluding hydrogens is 305 g/mol. The predicted molar refractivity (Wildman–Crippen MR) is 96.7 cm³/mol. The van der Waals surface area contributed by atoms with Gasteiger partial charge in [0, 0.05) is 18.8 Å². The SMILES string of the molecule is CCCCCCN1CCCC(CNC(=O)Nc2cccc(F)c2)C1. The topological polar surface area (TPSA) is 44.4 Å². The highest BCUT2D eigenvalue weighted by atomic mass is 19.1. The van der Waals surface area contributed by atoms with E-state index in [-0.39, 0.29) is 11.8 Å². The van der Waals surface area contributed by atoms with Crippen molar-refractivity contribution in [3.05, 3.63) is 30.1 Å². The van der Waals surface area contributed by atoms with E-state index in [1.807, 2.05) is 0 Å². The normalized spacial score (nSPS) is 18.3. The number of hydrogen-bond donors (Lipinski definition) is 2. The van der Waals surface area contributed by atoms with E-state index >= 15 is 0 Å². The fraction of sp³-hybridized carbons (Fsp3) is 0.632. The molecule has 5 heteroatoms. The first-order chi connectivity index (χ1) is 11.7. The van der Waals surface area contributed by atoms with Crippen molar-refractivity contribution in [3.8, 4) is 0 Å². The Morgan fingerprint density at radius 3 is 3.00 bits per heavy atom. The van der Waals surface area contributed by atoms with Gasteiger partial charge in [-0.3, -0.25) is 0 Å². The van der Waals surface area contributed by atoms with E-state index in [4.69, 9.17) is 0 Å². The van der Waals surface area contributed by atoms with Crippen molar-refractivity contribution in [1.82, 2.24) is 10.2 Å². The Hall–Kier alpha value is -1.62. The number of unbranched alkanes of at least 4 members (excludes halogenated alkanes) is 3. The van der Waals surface area contributed by atoms with Gasteiger partial charge >= 0.3 is 6.03 Å². The summed E-state index contributed by atoms with van der Waals surface area (Å²) in [7, 11) is 0. The molecule has 0 bridgehead atoms. The molecule has 0 saturated carbocycles. The average molecular weight is 335 g/mol. The van der Waals surface area contributed by atoms with Crippen molar-refractivity contribution >= 4 is 11.7 Å². The lowest BCUT2D eigenvalue weighted by Gasteiger charge is -2.32.